The molecule has 1 aliphatic heterocycles. The lowest BCUT2D eigenvalue weighted by atomic mass is 9.94. The van der Waals surface area contributed by atoms with Crippen LogP contribution in [0.5, 0.6) is 5.75 Å². The molecule has 2 aromatic rings. The SMILES string of the molecule is COc1cccc2c1CCN(C(=O)NC1CCc3[nH]ncc3C1)CC2. The van der Waals surface area contributed by atoms with Gasteiger partial charge in [-0.3, -0.25) is 5.10 Å². The molecule has 2 aliphatic rings. The van der Waals surface area contributed by atoms with Crippen molar-refractivity contribution in [3.05, 3.63) is 46.8 Å². The van der Waals surface area contributed by atoms with Crippen LogP contribution in [0, 0.1) is 0 Å². The average Bonchev–Trinajstić information content (AvgIpc) is 2.98. The largest absolute Gasteiger partial charge is 0.496 e. The number of methoxy groups -OCH3 is 1. The molecule has 1 aromatic heterocycles. The molecule has 1 atom stereocenters. The Morgan fingerprint density at radius 3 is 3.04 bits per heavy atom. The molecule has 132 valence electrons. The number of hydrogen-bond acceptors (Lipinski definition) is 3. The third-order valence-electron chi connectivity index (χ3n) is 5.36. The van der Waals surface area contributed by atoms with E-state index in [1.165, 1.54) is 22.4 Å². The highest BCUT2D eigenvalue weighted by Gasteiger charge is 2.25. The van der Waals surface area contributed by atoms with Gasteiger partial charge in [-0.05, 0) is 54.9 Å². The van der Waals surface area contributed by atoms with E-state index in [4.69, 9.17) is 4.74 Å². The molecular weight excluding hydrogens is 316 g/mol. The smallest absolute Gasteiger partial charge is 0.317 e. The number of aromatic amines is 1. The lowest BCUT2D eigenvalue weighted by molar-refractivity contribution is 0.194. The van der Waals surface area contributed by atoms with E-state index in [-0.39, 0.29) is 12.1 Å². The summed E-state index contributed by atoms with van der Waals surface area (Å²) in [4.78, 5) is 14.7. The fourth-order valence-electron chi connectivity index (χ4n) is 3.94. The van der Waals surface area contributed by atoms with Gasteiger partial charge in [-0.25, -0.2) is 4.79 Å². The summed E-state index contributed by atoms with van der Waals surface area (Å²) >= 11 is 0. The fourth-order valence-corrected chi connectivity index (χ4v) is 3.94. The normalized spacial score (nSPS) is 19.6. The summed E-state index contributed by atoms with van der Waals surface area (Å²) in [6, 6.07) is 6.40. The van der Waals surface area contributed by atoms with E-state index in [9.17, 15) is 4.79 Å². The molecule has 0 radical (unpaired) electrons. The molecule has 1 unspecified atom stereocenters. The number of ether oxygens (including phenoxy) is 1. The monoisotopic (exact) mass is 340 g/mol. The van der Waals surface area contributed by atoms with Crippen molar-refractivity contribution in [2.75, 3.05) is 20.2 Å². The predicted molar refractivity (Wildman–Crippen MR) is 94.9 cm³/mol. The van der Waals surface area contributed by atoms with Crippen LogP contribution in [0.4, 0.5) is 4.79 Å². The molecule has 4 rings (SSSR count). The lowest BCUT2D eigenvalue weighted by Crippen LogP contribution is -2.47. The maximum Gasteiger partial charge on any atom is 0.317 e. The number of benzene rings is 1. The Labute approximate surface area is 147 Å². The summed E-state index contributed by atoms with van der Waals surface area (Å²) in [5.74, 6) is 0.930. The van der Waals surface area contributed by atoms with E-state index >= 15 is 0 Å². The molecule has 2 heterocycles. The van der Waals surface area contributed by atoms with Crippen molar-refractivity contribution in [2.45, 2.75) is 38.1 Å². The van der Waals surface area contributed by atoms with Gasteiger partial charge >= 0.3 is 6.03 Å². The zero-order valence-electron chi connectivity index (χ0n) is 14.5. The number of aryl methyl sites for hydroxylation is 1. The molecule has 0 saturated heterocycles. The van der Waals surface area contributed by atoms with Gasteiger partial charge in [0.1, 0.15) is 5.75 Å². The van der Waals surface area contributed by atoms with Gasteiger partial charge in [0.25, 0.3) is 0 Å². The quantitative estimate of drug-likeness (QED) is 0.879. The van der Waals surface area contributed by atoms with Crippen LogP contribution < -0.4 is 10.1 Å². The number of hydrogen-bond donors (Lipinski definition) is 2. The number of carbonyl (C=O) groups is 1. The standard InChI is InChI=1S/C19H24N4O2/c1-25-18-4-2-3-13-7-9-23(10-8-16(13)18)19(24)21-15-5-6-17-14(11-15)12-20-22-17/h2-4,12,15H,5-11H2,1H3,(H,20,22)(H,21,24). The minimum Gasteiger partial charge on any atom is -0.496 e. The Morgan fingerprint density at radius 2 is 2.16 bits per heavy atom. The van der Waals surface area contributed by atoms with E-state index in [0.29, 0.717) is 0 Å². The lowest BCUT2D eigenvalue weighted by Gasteiger charge is -2.27. The number of nitrogens with zero attached hydrogens (tertiary/aromatic N) is 2. The average molecular weight is 340 g/mol. The number of carbonyl (C=O) groups excluding carboxylic acids is 1. The minimum absolute atomic E-state index is 0.0451. The Morgan fingerprint density at radius 1 is 1.28 bits per heavy atom. The molecule has 6 heteroatoms. The summed E-state index contributed by atoms with van der Waals surface area (Å²) in [6.07, 6.45) is 6.35. The molecular formula is C19H24N4O2. The second-order valence-electron chi connectivity index (χ2n) is 6.85. The minimum atomic E-state index is 0.0451. The summed E-state index contributed by atoms with van der Waals surface area (Å²) in [5, 5.41) is 10.4. The topological polar surface area (TPSA) is 70.2 Å². The first-order valence-corrected chi connectivity index (χ1v) is 8.96. The highest BCUT2D eigenvalue weighted by atomic mass is 16.5. The number of nitrogens with one attached hydrogen (secondary N) is 2. The van der Waals surface area contributed by atoms with Gasteiger partial charge in [-0.1, -0.05) is 12.1 Å². The van der Waals surface area contributed by atoms with Gasteiger partial charge in [0.2, 0.25) is 0 Å². The molecule has 25 heavy (non-hydrogen) atoms. The highest BCUT2D eigenvalue weighted by molar-refractivity contribution is 5.75. The van der Waals surface area contributed by atoms with Gasteiger partial charge in [0.15, 0.2) is 0 Å². The zero-order valence-corrected chi connectivity index (χ0v) is 14.5. The Bertz CT molecular complexity index is 771. The molecule has 0 spiro atoms. The van der Waals surface area contributed by atoms with E-state index < -0.39 is 0 Å². The molecule has 2 amide bonds. The number of amides is 2. The van der Waals surface area contributed by atoms with Crippen LogP contribution in [0.25, 0.3) is 0 Å². The maximum atomic E-state index is 12.7. The third-order valence-corrected chi connectivity index (χ3v) is 5.36. The molecule has 0 fully saturated rings. The van der Waals surface area contributed by atoms with Crippen molar-refractivity contribution in [3.63, 3.8) is 0 Å². The van der Waals surface area contributed by atoms with Gasteiger partial charge in [-0.2, -0.15) is 5.10 Å². The van der Waals surface area contributed by atoms with Crippen molar-refractivity contribution in [3.8, 4) is 5.75 Å². The maximum absolute atomic E-state index is 12.7. The number of urea groups is 1. The molecule has 1 aromatic carbocycles. The van der Waals surface area contributed by atoms with Crippen molar-refractivity contribution in [1.82, 2.24) is 20.4 Å². The number of fused-ring (bicyclic) bond motifs is 2. The Hall–Kier alpha value is -2.50. The van der Waals surface area contributed by atoms with Crippen LogP contribution in [-0.2, 0) is 25.7 Å². The van der Waals surface area contributed by atoms with Crippen molar-refractivity contribution >= 4 is 6.03 Å². The second kappa shape index (κ2) is 6.78. The fraction of sp³-hybridized carbons (Fsp3) is 0.474. The van der Waals surface area contributed by atoms with Crippen molar-refractivity contribution in [2.24, 2.45) is 0 Å². The molecule has 0 saturated carbocycles. The summed E-state index contributed by atoms with van der Waals surface area (Å²) < 4.78 is 5.48. The van der Waals surface area contributed by atoms with Crippen LogP contribution in [0.3, 0.4) is 0 Å². The number of H-pyrrole nitrogens is 1. The van der Waals surface area contributed by atoms with E-state index in [1.54, 1.807) is 7.11 Å². The zero-order chi connectivity index (χ0) is 17.2. The van der Waals surface area contributed by atoms with Crippen LogP contribution in [0.1, 0.15) is 28.8 Å². The second-order valence-corrected chi connectivity index (χ2v) is 6.85. The third kappa shape index (κ3) is 3.21. The van der Waals surface area contributed by atoms with E-state index in [2.05, 4.69) is 21.6 Å². The summed E-state index contributed by atoms with van der Waals surface area (Å²) in [6.45, 7) is 1.47. The summed E-state index contributed by atoms with van der Waals surface area (Å²) in [7, 11) is 1.71. The number of aromatic nitrogens is 2. The van der Waals surface area contributed by atoms with Crippen molar-refractivity contribution < 1.29 is 9.53 Å². The van der Waals surface area contributed by atoms with Gasteiger partial charge in [0, 0.05) is 24.8 Å². The van der Waals surface area contributed by atoms with Crippen LogP contribution in [0.2, 0.25) is 0 Å². The molecule has 6 nitrogen and oxygen atoms in total. The predicted octanol–water partition coefficient (Wildman–Crippen LogP) is 2.09. The van der Waals surface area contributed by atoms with Crippen molar-refractivity contribution in [1.29, 1.82) is 0 Å². The van der Waals surface area contributed by atoms with Gasteiger partial charge in [-0.15, -0.1) is 0 Å². The van der Waals surface area contributed by atoms with Crippen LogP contribution in [0.15, 0.2) is 24.4 Å². The first kappa shape index (κ1) is 16.0. The molecule has 1 aliphatic carbocycles. The van der Waals surface area contributed by atoms with Crippen LogP contribution >= 0.6 is 0 Å². The number of rotatable bonds is 2. The van der Waals surface area contributed by atoms with Crippen LogP contribution in [-0.4, -0.2) is 47.4 Å². The Balaban J connectivity index is 1.39. The summed E-state index contributed by atoms with van der Waals surface area (Å²) in [5.41, 5.74) is 4.96. The van der Waals surface area contributed by atoms with Gasteiger partial charge in [0.05, 0.1) is 13.3 Å². The first-order chi connectivity index (χ1) is 12.2. The Kier molecular flexibility index (Phi) is 4.34. The molecule has 0 bridgehead atoms. The van der Waals surface area contributed by atoms with Gasteiger partial charge < -0.3 is 15.0 Å². The van der Waals surface area contributed by atoms with E-state index in [1.807, 2.05) is 23.2 Å². The highest BCUT2D eigenvalue weighted by Crippen LogP contribution is 2.26. The first-order valence-electron chi connectivity index (χ1n) is 8.96. The van der Waals surface area contributed by atoms with E-state index in [0.717, 1.165) is 50.9 Å². The molecule has 2 N–H and O–H groups in total.